The maximum Gasteiger partial charge on any atom is 0.272 e. The van der Waals surface area contributed by atoms with E-state index in [1.165, 1.54) is 11.0 Å². The normalized spacial score (nSPS) is 16.7. The summed E-state index contributed by atoms with van der Waals surface area (Å²) < 4.78 is 14.7. The first-order valence-electron chi connectivity index (χ1n) is 10.6. The molecule has 0 radical (unpaired) electrons. The van der Waals surface area contributed by atoms with Crippen molar-refractivity contribution in [3.63, 3.8) is 0 Å². The van der Waals surface area contributed by atoms with Crippen LogP contribution in [0.3, 0.4) is 0 Å². The summed E-state index contributed by atoms with van der Waals surface area (Å²) in [6.45, 7) is 3.83. The molecule has 33 heavy (non-hydrogen) atoms. The maximum atomic E-state index is 14.7. The summed E-state index contributed by atoms with van der Waals surface area (Å²) in [5, 5.41) is 3.03. The Hall–Kier alpha value is -3.26. The van der Waals surface area contributed by atoms with E-state index >= 15 is 0 Å². The average Bonchev–Trinajstić information content (AvgIpc) is 2.83. The molecule has 0 aliphatic carbocycles. The smallest absolute Gasteiger partial charge is 0.272 e. The molecular formula is C24H26ClFN4O3. The number of benzene rings is 2. The number of carbonyl (C=O) groups is 3. The monoisotopic (exact) mass is 472 g/mol. The molecule has 2 aromatic rings. The van der Waals surface area contributed by atoms with Crippen molar-refractivity contribution in [2.24, 2.45) is 22.6 Å². The first-order chi connectivity index (χ1) is 15.6. The van der Waals surface area contributed by atoms with Crippen molar-refractivity contribution >= 4 is 40.7 Å². The predicted octanol–water partition coefficient (Wildman–Crippen LogP) is 3.27. The van der Waals surface area contributed by atoms with Gasteiger partial charge in [0.1, 0.15) is 5.82 Å². The quantitative estimate of drug-likeness (QED) is 0.646. The Labute approximate surface area is 196 Å². The highest BCUT2D eigenvalue weighted by atomic mass is 35.5. The van der Waals surface area contributed by atoms with Gasteiger partial charge >= 0.3 is 0 Å². The van der Waals surface area contributed by atoms with E-state index in [0.717, 1.165) is 0 Å². The van der Waals surface area contributed by atoms with E-state index < -0.39 is 35.6 Å². The van der Waals surface area contributed by atoms with Gasteiger partial charge in [0.25, 0.3) is 5.91 Å². The van der Waals surface area contributed by atoms with Gasteiger partial charge in [0.05, 0.1) is 11.4 Å². The zero-order chi connectivity index (χ0) is 24.3. The van der Waals surface area contributed by atoms with Gasteiger partial charge in [-0.15, -0.1) is 0 Å². The molecule has 3 N–H and O–H groups in total. The first-order valence-corrected chi connectivity index (χ1v) is 10.9. The summed E-state index contributed by atoms with van der Waals surface area (Å²) in [4.78, 5) is 43.6. The number of benzodiazepines with no additional fused rings is 1. The van der Waals surface area contributed by atoms with E-state index in [-0.39, 0.29) is 23.6 Å². The Kier molecular flexibility index (Phi) is 7.48. The first kappa shape index (κ1) is 24.4. The number of nitrogens with one attached hydrogen (secondary N) is 1. The second kappa shape index (κ2) is 10.1. The molecule has 1 aliphatic heterocycles. The van der Waals surface area contributed by atoms with Crippen LogP contribution in [-0.2, 0) is 14.4 Å². The Morgan fingerprint density at radius 1 is 1.21 bits per heavy atom. The Balaban J connectivity index is 2.08. The van der Waals surface area contributed by atoms with Gasteiger partial charge in [-0.1, -0.05) is 37.6 Å². The lowest BCUT2D eigenvalue weighted by molar-refractivity contribution is -0.132. The number of likely N-dealkylation sites (N-methyl/N-ethyl adjacent to an activating group) is 1. The van der Waals surface area contributed by atoms with Crippen molar-refractivity contribution in [2.75, 3.05) is 11.9 Å². The molecule has 0 saturated heterocycles. The van der Waals surface area contributed by atoms with Crippen LogP contribution in [0.25, 0.3) is 0 Å². The average molecular weight is 473 g/mol. The van der Waals surface area contributed by atoms with Crippen molar-refractivity contribution in [1.82, 2.24) is 5.32 Å². The number of rotatable bonds is 7. The van der Waals surface area contributed by atoms with Gasteiger partial charge in [0.2, 0.25) is 18.0 Å². The molecule has 0 bridgehead atoms. The zero-order valence-corrected chi connectivity index (χ0v) is 19.4. The van der Waals surface area contributed by atoms with Crippen molar-refractivity contribution in [3.05, 3.63) is 64.4 Å². The van der Waals surface area contributed by atoms with Gasteiger partial charge in [-0.2, -0.15) is 0 Å². The number of halogens is 2. The molecular weight excluding hydrogens is 447 g/mol. The number of nitrogens with zero attached hydrogens (tertiary/aromatic N) is 2. The maximum absolute atomic E-state index is 14.7. The minimum atomic E-state index is -1.33. The third-order valence-electron chi connectivity index (χ3n) is 5.38. The van der Waals surface area contributed by atoms with Gasteiger partial charge < -0.3 is 16.0 Å². The van der Waals surface area contributed by atoms with Crippen LogP contribution in [0.1, 0.15) is 37.8 Å². The number of carbonyl (C=O) groups excluding carboxylic acids is 3. The summed E-state index contributed by atoms with van der Waals surface area (Å²) in [6, 6.07) is 10.9. The lowest BCUT2D eigenvalue weighted by atomic mass is 9.93. The van der Waals surface area contributed by atoms with E-state index in [9.17, 15) is 18.8 Å². The molecule has 174 valence electrons. The lowest BCUT2D eigenvalue weighted by Gasteiger charge is -2.23. The fourth-order valence-corrected chi connectivity index (χ4v) is 4.03. The van der Waals surface area contributed by atoms with Crippen LogP contribution in [0, 0.1) is 17.7 Å². The molecule has 0 spiro atoms. The molecule has 7 nitrogen and oxygen atoms in total. The number of aliphatic imine (C=N–C) groups is 1. The Bertz CT molecular complexity index is 1120. The Morgan fingerprint density at radius 2 is 1.91 bits per heavy atom. The zero-order valence-electron chi connectivity index (χ0n) is 18.6. The number of fused-ring (bicyclic) bond motifs is 1. The van der Waals surface area contributed by atoms with E-state index in [1.54, 1.807) is 43.4 Å². The molecule has 1 unspecified atom stereocenters. The molecule has 3 rings (SSSR count). The van der Waals surface area contributed by atoms with Gasteiger partial charge in [0, 0.05) is 35.5 Å². The minimum absolute atomic E-state index is 0.122. The summed E-state index contributed by atoms with van der Waals surface area (Å²) in [5.74, 6) is -2.77. The third-order valence-corrected chi connectivity index (χ3v) is 5.62. The van der Waals surface area contributed by atoms with Gasteiger partial charge in [-0.05, 0) is 42.7 Å². The molecule has 1 aliphatic rings. The molecule has 0 saturated carbocycles. The topological polar surface area (TPSA) is 105 Å². The summed E-state index contributed by atoms with van der Waals surface area (Å²) >= 11 is 6.20. The second-order valence-electron chi connectivity index (χ2n) is 8.42. The summed E-state index contributed by atoms with van der Waals surface area (Å²) in [5.41, 5.74) is 6.60. The number of hydrogen-bond donors (Lipinski definition) is 2. The van der Waals surface area contributed by atoms with E-state index in [0.29, 0.717) is 22.7 Å². The van der Waals surface area contributed by atoms with Crippen LogP contribution in [0.4, 0.5) is 10.1 Å². The van der Waals surface area contributed by atoms with Crippen molar-refractivity contribution in [3.8, 4) is 0 Å². The van der Waals surface area contributed by atoms with E-state index in [2.05, 4.69) is 10.3 Å². The number of hydrogen-bond acceptors (Lipinski definition) is 4. The second-order valence-corrected chi connectivity index (χ2v) is 8.86. The van der Waals surface area contributed by atoms with Gasteiger partial charge in [0.15, 0.2) is 0 Å². The predicted molar refractivity (Wildman–Crippen MR) is 126 cm³/mol. The van der Waals surface area contributed by atoms with Crippen molar-refractivity contribution in [2.45, 2.75) is 32.9 Å². The Morgan fingerprint density at radius 3 is 2.55 bits per heavy atom. The van der Waals surface area contributed by atoms with Crippen LogP contribution in [0.5, 0.6) is 0 Å². The number of amides is 3. The van der Waals surface area contributed by atoms with Gasteiger partial charge in [-0.3, -0.25) is 14.4 Å². The molecule has 0 fully saturated rings. The highest BCUT2D eigenvalue weighted by Gasteiger charge is 2.33. The minimum Gasteiger partial charge on any atom is -0.370 e. The molecule has 9 heteroatoms. The molecule has 0 aromatic heterocycles. The fraction of sp³-hybridized carbons (Fsp3) is 0.333. The van der Waals surface area contributed by atoms with Crippen LogP contribution in [0.15, 0.2) is 47.5 Å². The van der Waals surface area contributed by atoms with Crippen molar-refractivity contribution in [1.29, 1.82) is 0 Å². The standard InChI is InChI=1S/C24H26ClFN4O3/c1-13(2)10-14(11-20(27)31)23(32)29-22-24(33)30(3)19-9-8-15(25)12-17(19)21(28-22)16-6-4-5-7-18(16)26/h4-9,12-14,22H,10-11H2,1-3H3,(H2,27,31)(H,29,32)/t14-,22?/m1/s1. The van der Waals surface area contributed by atoms with E-state index in [1.807, 2.05) is 13.8 Å². The largest absolute Gasteiger partial charge is 0.370 e. The highest BCUT2D eigenvalue weighted by molar-refractivity contribution is 6.32. The fourth-order valence-electron chi connectivity index (χ4n) is 3.86. The molecule has 2 atom stereocenters. The summed E-state index contributed by atoms with van der Waals surface area (Å²) in [7, 11) is 1.54. The lowest BCUT2D eigenvalue weighted by Crippen LogP contribution is -2.48. The van der Waals surface area contributed by atoms with Crippen LogP contribution in [-0.4, -0.2) is 36.6 Å². The molecule has 3 amide bonds. The number of anilines is 1. The van der Waals surface area contributed by atoms with Crippen LogP contribution in [0.2, 0.25) is 5.02 Å². The van der Waals surface area contributed by atoms with Crippen LogP contribution >= 0.6 is 11.6 Å². The SMILES string of the molecule is CC(C)C[C@H](CC(N)=O)C(=O)NC1N=C(c2ccccc2F)c2cc(Cl)ccc2N(C)C1=O. The van der Waals surface area contributed by atoms with Gasteiger partial charge in [-0.25, -0.2) is 9.38 Å². The van der Waals surface area contributed by atoms with Crippen molar-refractivity contribution < 1.29 is 18.8 Å². The van der Waals surface area contributed by atoms with Crippen LogP contribution < -0.4 is 16.0 Å². The summed E-state index contributed by atoms with van der Waals surface area (Å²) in [6.07, 6.45) is -1.07. The van der Waals surface area contributed by atoms with E-state index in [4.69, 9.17) is 17.3 Å². The molecule has 1 heterocycles. The molecule has 2 aromatic carbocycles. The highest BCUT2D eigenvalue weighted by Crippen LogP contribution is 2.30. The number of primary amides is 1. The number of nitrogens with two attached hydrogens (primary N) is 1. The third kappa shape index (κ3) is 5.57.